The Morgan fingerprint density at radius 1 is 1.47 bits per heavy atom. The molecule has 0 aliphatic rings. The number of halogens is 1. The Labute approximate surface area is 101 Å². The van der Waals surface area contributed by atoms with Crippen molar-refractivity contribution in [3.63, 3.8) is 0 Å². The van der Waals surface area contributed by atoms with Crippen LogP contribution in [-0.2, 0) is 4.74 Å². The summed E-state index contributed by atoms with van der Waals surface area (Å²) in [6, 6.07) is 4.54. The van der Waals surface area contributed by atoms with Gasteiger partial charge < -0.3 is 9.47 Å². The van der Waals surface area contributed by atoms with Crippen LogP contribution in [0.5, 0.6) is 5.75 Å². The monoisotopic (exact) mass is 242 g/mol. The highest BCUT2D eigenvalue weighted by Crippen LogP contribution is 2.27. The van der Waals surface area contributed by atoms with Crippen LogP contribution in [-0.4, -0.2) is 19.8 Å². The molecular weight excluding hydrogens is 223 g/mol. The molecule has 0 aliphatic carbocycles. The van der Waals surface area contributed by atoms with E-state index >= 15 is 0 Å². The molecule has 0 fully saturated rings. The number of rotatable bonds is 6. The Balaban J connectivity index is 3.03. The number of methoxy groups -OCH3 is 1. The molecule has 2 atom stereocenters. The lowest BCUT2D eigenvalue weighted by atomic mass is 10.0. The van der Waals surface area contributed by atoms with Gasteiger partial charge in [0.05, 0.1) is 19.3 Å². The van der Waals surface area contributed by atoms with E-state index in [9.17, 15) is 4.39 Å². The van der Waals surface area contributed by atoms with Crippen molar-refractivity contribution in [3.8, 4) is 5.75 Å². The van der Waals surface area contributed by atoms with Gasteiger partial charge in [-0.15, -0.1) is 0 Å². The maximum atomic E-state index is 14.0. The first kappa shape index (κ1) is 13.9. The molecule has 0 heterocycles. The molecule has 0 spiro atoms. The predicted molar refractivity (Wildman–Crippen MR) is 64.1 cm³/mol. The number of nitrogens with two attached hydrogens (primary N) is 1. The van der Waals surface area contributed by atoms with Crippen LogP contribution in [0.3, 0.4) is 0 Å². The molecule has 0 bridgehead atoms. The first-order valence-electron chi connectivity index (χ1n) is 5.55. The van der Waals surface area contributed by atoms with Crippen molar-refractivity contribution in [2.75, 3.05) is 13.7 Å². The van der Waals surface area contributed by atoms with E-state index in [1.54, 1.807) is 18.2 Å². The Morgan fingerprint density at radius 3 is 2.71 bits per heavy atom. The molecule has 0 aliphatic heterocycles. The first-order valence-corrected chi connectivity index (χ1v) is 5.55. The summed E-state index contributed by atoms with van der Waals surface area (Å²) in [6.45, 7) is 4.27. The zero-order chi connectivity index (χ0) is 12.8. The normalized spacial score (nSPS) is 14.4. The molecule has 5 heteroatoms. The third-order valence-electron chi connectivity index (χ3n) is 2.63. The Morgan fingerprint density at radius 2 is 2.18 bits per heavy atom. The summed E-state index contributed by atoms with van der Waals surface area (Å²) in [5.74, 6) is 5.25. The van der Waals surface area contributed by atoms with E-state index in [-0.39, 0.29) is 11.9 Å². The largest absolute Gasteiger partial charge is 0.494 e. The Kier molecular flexibility index (Phi) is 5.34. The van der Waals surface area contributed by atoms with Gasteiger partial charge in [-0.1, -0.05) is 12.1 Å². The van der Waals surface area contributed by atoms with Crippen LogP contribution < -0.4 is 16.0 Å². The van der Waals surface area contributed by atoms with E-state index in [1.165, 1.54) is 7.11 Å². The third kappa shape index (κ3) is 3.15. The van der Waals surface area contributed by atoms with Crippen molar-refractivity contribution in [1.82, 2.24) is 5.43 Å². The number of hydrogen-bond acceptors (Lipinski definition) is 4. The summed E-state index contributed by atoms with van der Waals surface area (Å²) in [5.41, 5.74) is 3.01. The van der Waals surface area contributed by atoms with Crippen molar-refractivity contribution in [2.45, 2.75) is 26.0 Å². The molecule has 1 rings (SSSR count). The fraction of sp³-hybridized carbons (Fsp3) is 0.500. The molecule has 0 saturated carbocycles. The molecule has 96 valence electrons. The molecular formula is C12H19FN2O2. The van der Waals surface area contributed by atoms with Crippen molar-refractivity contribution in [1.29, 1.82) is 0 Å². The van der Waals surface area contributed by atoms with Gasteiger partial charge in [-0.3, -0.25) is 11.3 Å². The minimum Gasteiger partial charge on any atom is -0.494 e. The van der Waals surface area contributed by atoms with E-state index in [2.05, 4.69) is 5.43 Å². The lowest BCUT2D eigenvalue weighted by Crippen LogP contribution is -2.37. The van der Waals surface area contributed by atoms with Gasteiger partial charge in [-0.05, 0) is 19.9 Å². The minimum atomic E-state index is -0.412. The molecule has 0 amide bonds. The van der Waals surface area contributed by atoms with E-state index in [0.717, 1.165) is 0 Å². The molecule has 0 radical (unpaired) electrons. The van der Waals surface area contributed by atoms with Crippen LogP contribution >= 0.6 is 0 Å². The van der Waals surface area contributed by atoms with Crippen LogP contribution in [0.2, 0.25) is 0 Å². The molecule has 4 nitrogen and oxygen atoms in total. The summed E-state index contributed by atoms with van der Waals surface area (Å²) in [5, 5.41) is 0. The third-order valence-corrected chi connectivity index (χ3v) is 2.63. The molecule has 1 aromatic carbocycles. The summed E-state index contributed by atoms with van der Waals surface area (Å²) in [7, 11) is 1.43. The highest BCUT2D eigenvalue weighted by Gasteiger charge is 2.23. The molecule has 2 unspecified atom stereocenters. The second kappa shape index (κ2) is 6.54. The molecule has 0 aromatic heterocycles. The summed E-state index contributed by atoms with van der Waals surface area (Å²) in [4.78, 5) is 0. The molecule has 3 N–H and O–H groups in total. The smallest absolute Gasteiger partial charge is 0.169 e. The lowest BCUT2D eigenvalue weighted by molar-refractivity contribution is 0.0462. The van der Waals surface area contributed by atoms with Crippen LogP contribution in [0.15, 0.2) is 18.2 Å². The molecule has 0 saturated heterocycles. The van der Waals surface area contributed by atoms with E-state index in [4.69, 9.17) is 15.3 Å². The van der Waals surface area contributed by atoms with Gasteiger partial charge in [0.1, 0.15) is 0 Å². The van der Waals surface area contributed by atoms with Crippen molar-refractivity contribution in [3.05, 3.63) is 29.6 Å². The van der Waals surface area contributed by atoms with Crippen LogP contribution in [0, 0.1) is 5.82 Å². The van der Waals surface area contributed by atoms with E-state index in [0.29, 0.717) is 12.2 Å². The highest BCUT2D eigenvalue weighted by molar-refractivity contribution is 5.33. The second-order valence-corrected chi connectivity index (χ2v) is 3.67. The summed E-state index contributed by atoms with van der Waals surface area (Å²) in [6.07, 6.45) is -0.230. The fourth-order valence-corrected chi connectivity index (χ4v) is 1.76. The minimum absolute atomic E-state index is 0.200. The van der Waals surface area contributed by atoms with E-state index < -0.39 is 11.9 Å². The highest BCUT2D eigenvalue weighted by atomic mass is 19.1. The fourth-order valence-electron chi connectivity index (χ4n) is 1.76. The van der Waals surface area contributed by atoms with Crippen LogP contribution in [0.4, 0.5) is 4.39 Å². The van der Waals surface area contributed by atoms with Gasteiger partial charge in [0, 0.05) is 12.2 Å². The summed E-state index contributed by atoms with van der Waals surface area (Å²) >= 11 is 0. The van der Waals surface area contributed by atoms with Gasteiger partial charge in [0.25, 0.3) is 0 Å². The number of nitrogens with one attached hydrogen (secondary N) is 1. The topological polar surface area (TPSA) is 56.5 Å². The van der Waals surface area contributed by atoms with Crippen LogP contribution in [0.25, 0.3) is 0 Å². The average Bonchev–Trinajstić information content (AvgIpc) is 2.32. The maximum absolute atomic E-state index is 14.0. The number of hydrogen-bond donors (Lipinski definition) is 2. The lowest BCUT2D eigenvalue weighted by Gasteiger charge is -2.24. The number of benzene rings is 1. The predicted octanol–water partition coefficient (Wildman–Crippen LogP) is 1.76. The van der Waals surface area contributed by atoms with Crippen molar-refractivity contribution < 1.29 is 13.9 Å². The SMILES string of the molecule is CCOC(C)C(NN)c1cccc(OC)c1F. The van der Waals surface area contributed by atoms with Gasteiger partial charge >= 0.3 is 0 Å². The summed E-state index contributed by atoms with van der Waals surface area (Å²) < 4.78 is 24.4. The quantitative estimate of drug-likeness (QED) is 0.589. The average molecular weight is 242 g/mol. The molecule has 1 aromatic rings. The second-order valence-electron chi connectivity index (χ2n) is 3.67. The Hall–Kier alpha value is -1.17. The molecule has 17 heavy (non-hydrogen) atoms. The van der Waals surface area contributed by atoms with E-state index in [1.807, 2.05) is 13.8 Å². The van der Waals surface area contributed by atoms with Crippen LogP contribution in [0.1, 0.15) is 25.5 Å². The van der Waals surface area contributed by atoms with Gasteiger partial charge in [0.15, 0.2) is 11.6 Å². The zero-order valence-electron chi connectivity index (χ0n) is 10.4. The van der Waals surface area contributed by atoms with Gasteiger partial charge in [-0.25, -0.2) is 4.39 Å². The van der Waals surface area contributed by atoms with Crippen molar-refractivity contribution in [2.24, 2.45) is 5.84 Å². The first-order chi connectivity index (χ1) is 8.15. The Bertz CT molecular complexity index is 360. The van der Waals surface area contributed by atoms with Gasteiger partial charge in [0.2, 0.25) is 0 Å². The maximum Gasteiger partial charge on any atom is 0.169 e. The zero-order valence-corrected chi connectivity index (χ0v) is 10.4. The standard InChI is InChI=1S/C12H19FN2O2/c1-4-17-8(2)12(15-14)9-6-5-7-10(16-3)11(9)13/h5-8,12,15H,4,14H2,1-3H3. The number of ether oxygens (including phenoxy) is 2. The van der Waals surface area contributed by atoms with Crippen molar-refractivity contribution >= 4 is 0 Å². The number of hydrazine groups is 1. The van der Waals surface area contributed by atoms with Gasteiger partial charge in [-0.2, -0.15) is 0 Å².